The molecule has 0 aliphatic rings. The number of hydrogen-bond acceptors (Lipinski definition) is 2. The van der Waals surface area contributed by atoms with Crippen LogP contribution in [0.15, 0.2) is 0 Å². The summed E-state index contributed by atoms with van der Waals surface area (Å²) in [5.74, 6) is 0. The molecule has 2 nitrogen and oxygen atoms in total. The predicted octanol–water partition coefficient (Wildman–Crippen LogP) is 1.39. The molecule has 0 saturated heterocycles. The largest absolute Gasteiger partial charge is 0.391 e. The zero-order chi connectivity index (χ0) is 8.20. The Balaban J connectivity index is 3.36. The number of rotatable bonds is 4. The minimum absolute atomic E-state index is 0.306. The van der Waals surface area contributed by atoms with Crippen LogP contribution >= 0.6 is 0 Å². The van der Waals surface area contributed by atoms with E-state index in [4.69, 9.17) is 5.11 Å². The summed E-state index contributed by atoms with van der Waals surface area (Å²) in [5.41, 5.74) is 0. The normalized spacial score (nSPS) is 15.3. The van der Waals surface area contributed by atoms with E-state index in [1.807, 2.05) is 0 Å². The Kier molecular flexibility index (Phi) is 3.75. The van der Waals surface area contributed by atoms with Crippen molar-refractivity contribution in [1.29, 1.82) is 0 Å². The first kappa shape index (κ1) is 9.78. The zero-order valence-electron chi connectivity index (χ0n) is 6.10. The zero-order valence-corrected chi connectivity index (χ0v) is 6.10. The first-order chi connectivity index (χ1) is 4.45. The highest BCUT2D eigenvalue weighted by molar-refractivity contribution is 4.50. The molecule has 0 aliphatic carbocycles. The van der Waals surface area contributed by atoms with Crippen molar-refractivity contribution < 1.29 is 18.6 Å². The molecule has 0 aromatic heterocycles. The molecule has 0 spiro atoms. The fraction of sp³-hybridized carbons (Fsp3) is 1.00. The quantitative estimate of drug-likeness (QED) is 0.663. The molecule has 10 heavy (non-hydrogen) atoms. The standard InChI is InChI=1S/C6H12F2O2/c1-3-5(9)4-10-6(2,7)8/h5,9H,3-4H2,1-2H3. The van der Waals surface area contributed by atoms with Crippen LogP contribution in [0.1, 0.15) is 20.3 Å². The molecule has 4 heteroatoms. The third-order valence-electron chi connectivity index (χ3n) is 1.00. The molecule has 0 radical (unpaired) electrons. The maximum Gasteiger partial charge on any atom is 0.353 e. The van der Waals surface area contributed by atoms with Crippen LogP contribution in [0.3, 0.4) is 0 Å². The van der Waals surface area contributed by atoms with Crippen molar-refractivity contribution in [2.24, 2.45) is 0 Å². The van der Waals surface area contributed by atoms with Gasteiger partial charge in [-0.2, -0.15) is 8.78 Å². The Bertz CT molecular complexity index is 90.2. The molecule has 1 atom stereocenters. The lowest BCUT2D eigenvalue weighted by Gasteiger charge is -2.13. The average molecular weight is 154 g/mol. The minimum atomic E-state index is -3.13. The third-order valence-corrected chi connectivity index (χ3v) is 1.00. The van der Waals surface area contributed by atoms with Crippen LogP contribution in [0, 0.1) is 0 Å². The second-order valence-electron chi connectivity index (χ2n) is 2.18. The van der Waals surface area contributed by atoms with Crippen molar-refractivity contribution in [2.45, 2.75) is 32.5 Å². The van der Waals surface area contributed by atoms with E-state index in [9.17, 15) is 8.78 Å². The Hall–Kier alpha value is -0.220. The van der Waals surface area contributed by atoms with E-state index in [-0.39, 0.29) is 6.61 Å². The molecule has 62 valence electrons. The highest BCUT2D eigenvalue weighted by Gasteiger charge is 2.22. The van der Waals surface area contributed by atoms with Gasteiger partial charge >= 0.3 is 6.11 Å². The van der Waals surface area contributed by atoms with Crippen molar-refractivity contribution in [3.8, 4) is 0 Å². The molecule has 0 heterocycles. The van der Waals surface area contributed by atoms with Gasteiger partial charge in [0.2, 0.25) is 0 Å². The van der Waals surface area contributed by atoms with Gasteiger partial charge in [0.05, 0.1) is 12.7 Å². The van der Waals surface area contributed by atoms with Crippen LogP contribution in [0.5, 0.6) is 0 Å². The van der Waals surface area contributed by atoms with Gasteiger partial charge in [0.25, 0.3) is 0 Å². The fourth-order valence-electron chi connectivity index (χ4n) is 0.360. The number of aliphatic hydroxyl groups is 1. The van der Waals surface area contributed by atoms with E-state index in [1.165, 1.54) is 0 Å². The summed E-state index contributed by atoms with van der Waals surface area (Å²) in [4.78, 5) is 0. The molecule has 0 saturated carbocycles. The van der Waals surface area contributed by atoms with E-state index < -0.39 is 12.2 Å². The predicted molar refractivity (Wildman–Crippen MR) is 32.9 cm³/mol. The Morgan fingerprint density at radius 3 is 2.40 bits per heavy atom. The second-order valence-corrected chi connectivity index (χ2v) is 2.18. The van der Waals surface area contributed by atoms with Gasteiger partial charge in [-0.15, -0.1) is 0 Å². The average Bonchev–Trinajstić information content (AvgIpc) is 1.81. The van der Waals surface area contributed by atoms with Gasteiger partial charge < -0.3 is 9.84 Å². The first-order valence-corrected chi connectivity index (χ1v) is 3.15. The first-order valence-electron chi connectivity index (χ1n) is 3.15. The second kappa shape index (κ2) is 3.83. The summed E-state index contributed by atoms with van der Waals surface area (Å²) in [6.07, 6.45) is -3.49. The maximum absolute atomic E-state index is 11.9. The SMILES string of the molecule is CCC(O)COC(C)(F)F. The summed E-state index contributed by atoms with van der Waals surface area (Å²) in [6.45, 7) is 2.04. The summed E-state index contributed by atoms with van der Waals surface area (Å²) in [5, 5.41) is 8.76. The maximum atomic E-state index is 11.9. The topological polar surface area (TPSA) is 29.5 Å². The lowest BCUT2D eigenvalue weighted by atomic mass is 10.3. The molecular weight excluding hydrogens is 142 g/mol. The van der Waals surface area contributed by atoms with Crippen molar-refractivity contribution in [1.82, 2.24) is 0 Å². The van der Waals surface area contributed by atoms with Crippen LogP contribution < -0.4 is 0 Å². The van der Waals surface area contributed by atoms with E-state index in [0.717, 1.165) is 0 Å². The highest BCUT2D eigenvalue weighted by atomic mass is 19.3. The fourth-order valence-corrected chi connectivity index (χ4v) is 0.360. The number of aliphatic hydroxyl groups excluding tert-OH is 1. The Labute approximate surface area is 58.8 Å². The van der Waals surface area contributed by atoms with Gasteiger partial charge in [-0.25, -0.2) is 0 Å². The van der Waals surface area contributed by atoms with Crippen LogP contribution in [0.25, 0.3) is 0 Å². The Morgan fingerprint density at radius 1 is 1.60 bits per heavy atom. The van der Waals surface area contributed by atoms with Crippen LogP contribution in [0.4, 0.5) is 8.78 Å². The Morgan fingerprint density at radius 2 is 2.10 bits per heavy atom. The van der Waals surface area contributed by atoms with E-state index >= 15 is 0 Å². The summed E-state index contributed by atoms with van der Waals surface area (Å²) >= 11 is 0. The molecule has 0 fully saturated rings. The lowest BCUT2D eigenvalue weighted by Crippen LogP contribution is -2.23. The van der Waals surface area contributed by atoms with Crippen LogP contribution in [-0.2, 0) is 4.74 Å². The molecule has 0 aromatic carbocycles. The number of halogens is 2. The van der Waals surface area contributed by atoms with Gasteiger partial charge in [0, 0.05) is 6.92 Å². The summed E-state index contributed by atoms with van der Waals surface area (Å²) in [6, 6.07) is 0. The third kappa shape index (κ3) is 5.91. The molecule has 0 bridgehead atoms. The number of alkyl halides is 2. The van der Waals surface area contributed by atoms with Gasteiger partial charge in [-0.1, -0.05) is 6.92 Å². The molecular formula is C6H12F2O2. The molecule has 1 N–H and O–H groups in total. The minimum Gasteiger partial charge on any atom is -0.391 e. The molecule has 0 aromatic rings. The van der Waals surface area contributed by atoms with Crippen molar-refractivity contribution in [2.75, 3.05) is 6.61 Å². The molecule has 1 unspecified atom stereocenters. The molecule has 0 amide bonds. The van der Waals surface area contributed by atoms with Gasteiger partial charge in [-0.05, 0) is 6.42 Å². The van der Waals surface area contributed by atoms with E-state index in [2.05, 4.69) is 4.74 Å². The number of ether oxygens (including phenoxy) is 1. The van der Waals surface area contributed by atoms with Crippen LogP contribution in [0.2, 0.25) is 0 Å². The highest BCUT2D eigenvalue weighted by Crippen LogP contribution is 2.13. The van der Waals surface area contributed by atoms with Gasteiger partial charge in [0.15, 0.2) is 0 Å². The lowest BCUT2D eigenvalue weighted by molar-refractivity contribution is -0.234. The van der Waals surface area contributed by atoms with Crippen molar-refractivity contribution in [3.63, 3.8) is 0 Å². The molecule has 0 aliphatic heterocycles. The van der Waals surface area contributed by atoms with Crippen LogP contribution in [-0.4, -0.2) is 23.9 Å². The van der Waals surface area contributed by atoms with Crippen molar-refractivity contribution in [3.05, 3.63) is 0 Å². The monoisotopic (exact) mass is 154 g/mol. The number of hydrogen-bond donors (Lipinski definition) is 1. The summed E-state index contributed by atoms with van der Waals surface area (Å²) in [7, 11) is 0. The van der Waals surface area contributed by atoms with E-state index in [1.54, 1.807) is 6.92 Å². The van der Waals surface area contributed by atoms with E-state index in [0.29, 0.717) is 13.3 Å². The molecule has 0 rings (SSSR count). The summed E-state index contributed by atoms with van der Waals surface area (Å²) < 4.78 is 27.8. The van der Waals surface area contributed by atoms with Gasteiger partial charge in [0.1, 0.15) is 0 Å². The van der Waals surface area contributed by atoms with Gasteiger partial charge in [-0.3, -0.25) is 0 Å². The van der Waals surface area contributed by atoms with Crippen molar-refractivity contribution >= 4 is 0 Å². The smallest absolute Gasteiger partial charge is 0.353 e.